The van der Waals surface area contributed by atoms with Gasteiger partial charge in [0.1, 0.15) is 0 Å². The van der Waals surface area contributed by atoms with Crippen molar-refractivity contribution in [3.8, 4) is 11.5 Å². The van der Waals surface area contributed by atoms with Gasteiger partial charge in [0, 0.05) is 31.7 Å². The Morgan fingerprint density at radius 1 is 1.15 bits per heavy atom. The fraction of sp³-hybridized carbons (Fsp3) is 0.632. The third kappa shape index (κ3) is 6.11. The van der Waals surface area contributed by atoms with E-state index in [1.54, 1.807) is 0 Å². The highest BCUT2D eigenvalue weighted by atomic mass is 127. The summed E-state index contributed by atoms with van der Waals surface area (Å²) in [7, 11) is 0. The van der Waals surface area contributed by atoms with E-state index in [1.807, 2.05) is 18.2 Å². The molecule has 27 heavy (non-hydrogen) atoms. The monoisotopic (exact) mass is 490 g/mol. The Balaban J connectivity index is 0.00000261. The molecule has 152 valence electrons. The summed E-state index contributed by atoms with van der Waals surface area (Å²) >= 11 is 0. The Bertz CT molecular complexity index is 633. The third-order valence-electron chi connectivity index (χ3n) is 4.76. The fourth-order valence-corrected chi connectivity index (χ4v) is 3.13. The molecule has 8 heteroatoms. The number of halogens is 1. The minimum Gasteiger partial charge on any atom is -0.454 e. The SMILES string of the molecule is CCNC(=NCc1ccc2c(c1)OCO2)NCC(C)(C)N1CCOCC1.I. The van der Waals surface area contributed by atoms with Crippen LogP contribution in [0.3, 0.4) is 0 Å². The number of nitrogens with zero attached hydrogens (tertiary/aromatic N) is 2. The number of guanidine groups is 1. The highest BCUT2D eigenvalue weighted by Crippen LogP contribution is 2.32. The lowest BCUT2D eigenvalue weighted by atomic mass is 10.0. The van der Waals surface area contributed by atoms with Crippen LogP contribution >= 0.6 is 24.0 Å². The van der Waals surface area contributed by atoms with E-state index < -0.39 is 0 Å². The largest absolute Gasteiger partial charge is 0.454 e. The van der Waals surface area contributed by atoms with Crippen LogP contribution in [0.4, 0.5) is 0 Å². The fourth-order valence-electron chi connectivity index (χ4n) is 3.13. The second kappa shape index (κ2) is 10.3. The van der Waals surface area contributed by atoms with Gasteiger partial charge in [0.05, 0.1) is 19.8 Å². The van der Waals surface area contributed by atoms with Gasteiger partial charge in [-0.05, 0) is 38.5 Å². The Kier molecular flexibility index (Phi) is 8.43. The van der Waals surface area contributed by atoms with Crippen molar-refractivity contribution in [3.05, 3.63) is 23.8 Å². The highest BCUT2D eigenvalue weighted by molar-refractivity contribution is 14.0. The van der Waals surface area contributed by atoms with Crippen LogP contribution in [-0.2, 0) is 11.3 Å². The number of morpholine rings is 1. The van der Waals surface area contributed by atoms with Crippen LogP contribution in [0, 0.1) is 0 Å². The lowest BCUT2D eigenvalue weighted by molar-refractivity contribution is -0.00834. The minimum absolute atomic E-state index is 0. The van der Waals surface area contributed by atoms with Crippen molar-refractivity contribution in [1.29, 1.82) is 0 Å². The van der Waals surface area contributed by atoms with Gasteiger partial charge in [-0.2, -0.15) is 0 Å². The maximum atomic E-state index is 5.46. The van der Waals surface area contributed by atoms with Crippen LogP contribution in [0.1, 0.15) is 26.3 Å². The summed E-state index contributed by atoms with van der Waals surface area (Å²) in [6, 6.07) is 5.96. The standard InChI is InChI=1S/C19H30N4O3.HI/c1-4-20-18(22-13-19(2,3)23-7-9-24-10-8-23)21-12-15-5-6-16-17(11-15)26-14-25-16;/h5-6,11H,4,7-10,12-14H2,1-3H3,(H2,20,21,22);1H. The highest BCUT2D eigenvalue weighted by Gasteiger charge is 2.28. The molecule has 0 saturated carbocycles. The van der Waals surface area contributed by atoms with E-state index in [4.69, 9.17) is 19.2 Å². The quantitative estimate of drug-likeness (QED) is 0.362. The molecule has 2 aliphatic rings. The van der Waals surface area contributed by atoms with E-state index >= 15 is 0 Å². The van der Waals surface area contributed by atoms with Crippen LogP contribution in [0.15, 0.2) is 23.2 Å². The summed E-state index contributed by atoms with van der Waals surface area (Å²) in [5.74, 6) is 2.42. The molecule has 2 N–H and O–H groups in total. The molecule has 7 nitrogen and oxygen atoms in total. The molecule has 2 aliphatic heterocycles. The van der Waals surface area contributed by atoms with Crippen LogP contribution in [0.5, 0.6) is 11.5 Å². The normalized spacial score (nSPS) is 17.4. The molecule has 0 radical (unpaired) electrons. The molecule has 0 bridgehead atoms. The molecule has 1 aromatic carbocycles. The molecule has 2 heterocycles. The maximum absolute atomic E-state index is 5.46. The average Bonchev–Trinajstić information content (AvgIpc) is 3.12. The van der Waals surface area contributed by atoms with Crippen molar-refractivity contribution >= 4 is 29.9 Å². The average molecular weight is 490 g/mol. The molecule has 1 fully saturated rings. The predicted octanol–water partition coefficient (Wildman–Crippen LogP) is 2.20. The summed E-state index contributed by atoms with van der Waals surface area (Å²) in [6.45, 7) is 12.7. The molecule has 0 spiro atoms. The number of benzene rings is 1. The van der Waals surface area contributed by atoms with E-state index in [-0.39, 0.29) is 29.5 Å². The van der Waals surface area contributed by atoms with Crippen molar-refractivity contribution in [2.24, 2.45) is 4.99 Å². The molecule has 1 aromatic rings. The topological polar surface area (TPSA) is 67.4 Å². The number of ether oxygens (including phenoxy) is 3. The first-order valence-corrected chi connectivity index (χ1v) is 9.32. The summed E-state index contributed by atoms with van der Waals surface area (Å²) < 4.78 is 16.3. The van der Waals surface area contributed by atoms with Gasteiger partial charge < -0.3 is 24.8 Å². The molecule has 0 atom stereocenters. The molecule has 1 saturated heterocycles. The second-order valence-electron chi connectivity index (χ2n) is 7.15. The molecule has 3 rings (SSSR count). The Morgan fingerprint density at radius 2 is 1.89 bits per heavy atom. The molecular formula is C19H31IN4O3. The predicted molar refractivity (Wildman–Crippen MR) is 117 cm³/mol. The van der Waals surface area contributed by atoms with Crippen LogP contribution in [0.2, 0.25) is 0 Å². The van der Waals surface area contributed by atoms with Crippen LogP contribution in [0.25, 0.3) is 0 Å². The summed E-state index contributed by atoms with van der Waals surface area (Å²) in [5, 5.41) is 6.80. The van der Waals surface area contributed by atoms with Crippen molar-refractivity contribution < 1.29 is 14.2 Å². The molecular weight excluding hydrogens is 459 g/mol. The summed E-state index contributed by atoms with van der Waals surface area (Å²) in [4.78, 5) is 7.18. The van der Waals surface area contributed by atoms with E-state index in [1.165, 1.54) is 0 Å². The summed E-state index contributed by atoms with van der Waals surface area (Å²) in [6.07, 6.45) is 0. The van der Waals surface area contributed by atoms with E-state index in [9.17, 15) is 0 Å². The zero-order valence-corrected chi connectivity index (χ0v) is 18.7. The number of aliphatic imine (C=N–C) groups is 1. The smallest absolute Gasteiger partial charge is 0.231 e. The van der Waals surface area contributed by atoms with Crippen LogP contribution in [-0.4, -0.2) is 62.6 Å². The van der Waals surface area contributed by atoms with E-state index in [2.05, 4.69) is 36.3 Å². The van der Waals surface area contributed by atoms with Gasteiger partial charge in [-0.15, -0.1) is 24.0 Å². The van der Waals surface area contributed by atoms with Gasteiger partial charge >= 0.3 is 0 Å². The minimum atomic E-state index is 0. The first-order valence-electron chi connectivity index (χ1n) is 9.32. The number of rotatable bonds is 6. The van der Waals surface area contributed by atoms with E-state index in [0.29, 0.717) is 13.3 Å². The molecule has 0 aliphatic carbocycles. The van der Waals surface area contributed by atoms with Gasteiger partial charge in [-0.25, -0.2) is 4.99 Å². The van der Waals surface area contributed by atoms with Gasteiger partial charge in [0.15, 0.2) is 17.5 Å². The zero-order valence-electron chi connectivity index (χ0n) is 16.4. The van der Waals surface area contributed by atoms with Crippen molar-refractivity contribution in [2.45, 2.75) is 32.9 Å². The molecule has 0 amide bonds. The lowest BCUT2D eigenvalue weighted by Gasteiger charge is -2.41. The van der Waals surface area contributed by atoms with Crippen LogP contribution < -0.4 is 20.1 Å². The zero-order chi connectivity index (χ0) is 18.4. The van der Waals surface area contributed by atoms with E-state index in [0.717, 1.165) is 62.4 Å². The first-order chi connectivity index (χ1) is 12.6. The number of fused-ring (bicyclic) bond motifs is 1. The molecule has 0 unspecified atom stereocenters. The Labute approximate surface area is 178 Å². The second-order valence-corrected chi connectivity index (χ2v) is 7.15. The molecule has 0 aromatic heterocycles. The maximum Gasteiger partial charge on any atom is 0.231 e. The van der Waals surface area contributed by atoms with Crippen molar-refractivity contribution in [1.82, 2.24) is 15.5 Å². The van der Waals surface area contributed by atoms with Gasteiger partial charge in [0.25, 0.3) is 0 Å². The Hall–Kier alpha value is -1.26. The number of hydrogen-bond donors (Lipinski definition) is 2. The number of nitrogens with one attached hydrogen (secondary N) is 2. The van der Waals surface area contributed by atoms with Gasteiger partial charge in [-0.3, -0.25) is 4.90 Å². The number of hydrogen-bond acceptors (Lipinski definition) is 5. The third-order valence-corrected chi connectivity index (χ3v) is 4.76. The van der Waals surface area contributed by atoms with Crippen molar-refractivity contribution in [2.75, 3.05) is 46.2 Å². The van der Waals surface area contributed by atoms with Crippen molar-refractivity contribution in [3.63, 3.8) is 0 Å². The lowest BCUT2D eigenvalue weighted by Crippen LogP contribution is -2.56. The summed E-state index contributed by atoms with van der Waals surface area (Å²) in [5.41, 5.74) is 1.14. The Morgan fingerprint density at radius 3 is 2.63 bits per heavy atom. The van der Waals surface area contributed by atoms with Gasteiger partial charge in [0.2, 0.25) is 6.79 Å². The first kappa shape index (κ1) is 22.0. The van der Waals surface area contributed by atoms with Gasteiger partial charge in [-0.1, -0.05) is 6.07 Å².